The van der Waals surface area contributed by atoms with Crippen molar-refractivity contribution in [1.82, 2.24) is 0 Å². The minimum atomic E-state index is -4.05. The Hall–Kier alpha value is -2.45. The van der Waals surface area contributed by atoms with Crippen LogP contribution in [0, 0.1) is 10.1 Å². The second kappa shape index (κ2) is 7.28. The van der Waals surface area contributed by atoms with Crippen LogP contribution < -0.4 is 10.5 Å². The number of nitrogens with zero attached hydrogens (tertiary/aromatic N) is 1. The lowest BCUT2D eigenvalue weighted by Gasteiger charge is -2.28. The lowest BCUT2D eigenvalue weighted by atomic mass is 9.85. The zero-order chi connectivity index (χ0) is 19.8. The topological polar surface area (TPSA) is 115 Å². The van der Waals surface area contributed by atoms with Gasteiger partial charge in [0.05, 0.1) is 15.9 Å². The number of nitrogens with two attached hydrogens (primary N) is 1. The molecule has 1 atom stereocenters. The molecule has 144 valence electrons. The van der Waals surface area contributed by atoms with Crippen molar-refractivity contribution in [2.45, 2.75) is 50.0 Å². The van der Waals surface area contributed by atoms with Crippen LogP contribution in [0.3, 0.4) is 0 Å². The predicted molar refractivity (Wildman–Crippen MR) is 104 cm³/mol. The molecule has 0 saturated carbocycles. The Bertz CT molecular complexity index is 986. The number of sulfonamides is 1. The summed E-state index contributed by atoms with van der Waals surface area (Å²) in [7, 11) is -4.05. The van der Waals surface area contributed by atoms with E-state index in [-0.39, 0.29) is 16.6 Å². The Morgan fingerprint density at radius 3 is 2.59 bits per heavy atom. The average molecular weight is 389 g/mol. The maximum atomic E-state index is 11.7. The molecule has 3 rings (SSSR count). The number of nitro benzene ring substituents is 1. The number of nitrogens with one attached hydrogen (secondary N) is 1. The molecular weight excluding hydrogens is 366 g/mol. The van der Waals surface area contributed by atoms with E-state index in [2.05, 4.69) is 37.4 Å². The summed E-state index contributed by atoms with van der Waals surface area (Å²) in [6.45, 7) is 4.26. The molecule has 2 aromatic rings. The zero-order valence-electron chi connectivity index (χ0n) is 15.3. The number of primary sulfonamides is 1. The number of hydrogen-bond donors (Lipinski definition) is 2. The quantitative estimate of drug-likeness (QED) is 0.595. The first kappa shape index (κ1) is 19.3. The highest BCUT2D eigenvalue weighted by Gasteiger charge is 2.23. The molecule has 0 fully saturated rings. The van der Waals surface area contributed by atoms with E-state index in [1.165, 1.54) is 23.3 Å². The van der Waals surface area contributed by atoms with Crippen LogP contribution in [-0.2, 0) is 16.4 Å². The number of hydrogen-bond acceptors (Lipinski definition) is 5. The molecule has 0 saturated heterocycles. The molecule has 0 amide bonds. The van der Waals surface area contributed by atoms with E-state index in [0.717, 1.165) is 30.9 Å². The number of nitro groups is 1. The summed E-state index contributed by atoms with van der Waals surface area (Å²) in [4.78, 5) is 10.3. The number of non-ortho nitro benzene ring substituents is 1. The van der Waals surface area contributed by atoms with Gasteiger partial charge in [0.25, 0.3) is 5.69 Å². The van der Waals surface area contributed by atoms with Crippen molar-refractivity contribution < 1.29 is 13.3 Å². The van der Waals surface area contributed by atoms with E-state index < -0.39 is 14.9 Å². The summed E-state index contributed by atoms with van der Waals surface area (Å²) in [5.41, 5.74) is 3.71. The molecule has 0 bridgehead atoms. The third kappa shape index (κ3) is 4.28. The van der Waals surface area contributed by atoms with Gasteiger partial charge in [-0.1, -0.05) is 32.0 Å². The third-order valence-electron chi connectivity index (χ3n) is 4.92. The summed E-state index contributed by atoms with van der Waals surface area (Å²) in [5.74, 6) is 0.393. The van der Waals surface area contributed by atoms with Crippen LogP contribution in [0.4, 0.5) is 11.4 Å². The van der Waals surface area contributed by atoms with Crippen LogP contribution in [-0.4, -0.2) is 13.3 Å². The fourth-order valence-corrected chi connectivity index (χ4v) is 4.04. The SMILES string of the molecule is CC(C)c1ccc2c(c1)[C@H](Nc1cc([N+](=O)[O-])cc(S(N)(=O)=O)c1)CCC2. The summed E-state index contributed by atoms with van der Waals surface area (Å²) >= 11 is 0. The van der Waals surface area contributed by atoms with Gasteiger partial charge < -0.3 is 5.32 Å². The van der Waals surface area contributed by atoms with Crippen LogP contribution >= 0.6 is 0 Å². The molecule has 0 heterocycles. The number of benzene rings is 2. The highest BCUT2D eigenvalue weighted by Crippen LogP contribution is 2.35. The second-order valence-electron chi connectivity index (χ2n) is 7.22. The minimum Gasteiger partial charge on any atom is -0.378 e. The maximum absolute atomic E-state index is 11.7. The van der Waals surface area contributed by atoms with Crippen LogP contribution in [0.2, 0.25) is 0 Å². The van der Waals surface area contributed by atoms with Crippen LogP contribution in [0.15, 0.2) is 41.3 Å². The van der Waals surface area contributed by atoms with Crippen molar-refractivity contribution in [1.29, 1.82) is 0 Å². The molecule has 7 nitrogen and oxygen atoms in total. The Kier molecular flexibility index (Phi) is 5.21. The lowest BCUT2D eigenvalue weighted by molar-refractivity contribution is -0.385. The summed E-state index contributed by atoms with van der Waals surface area (Å²) in [5, 5.41) is 19.7. The molecule has 0 spiro atoms. The number of aryl methyl sites for hydroxylation is 1. The van der Waals surface area contributed by atoms with Gasteiger partial charge in [-0.3, -0.25) is 10.1 Å². The van der Waals surface area contributed by atoms with Crippen molar-refractivity contribution in [3.63, 3.8) is 0 Å². The van der Waals surface area contributed by atoms with Gasteiger partial charge in [0.15, 0.2) is 0 Å². The molecular formula is C19H23N3O4S. The van der Waals surface area contributed by atoms with Crippen molar-refractivity contribution in [3.8, 4) is 0 Å². The Morgan fingerprint density at radius 2 is 1.96 bits per heavy atom. The molecule has 0 unspecified atom stereocenters. The maximum Gasteiger partial charge on any atom is 0.272 e. The van der Waals surface area contributed by atoms with E-state index in [4.69, 9.17) is 5.14 Å². The first-order chi connectivity index (χ1) is 12.6. The van der Waals surface area contributed by atoms with Gasteiger partial charge in [0, 0.05) is 17.8 Å². The molecule has 0 aromatic heterocycles. The number of rotatable bonds is 5. The van der Waals surface area contributed by atoms with Gasteiger partial charge in [-0.2, -0.15) is 0 Å². The van der Waals surface area contributed by atoms with Gasteiger partial charge in [0.1, 0.15) is 0 Å². The Labute approximate surface area is 158 Å². The molecule has 1 aliphatic rings. The number of anilines is 1. The van der Waals surface area contributed by atoms with Gasteiger partial charge in [-0.05, 0) is 47.9 Å². The molecule has 1 aliphatic carbocycles. The van der Waals surface area contributed by atoms with Gasteiger partial charge in [0.2, 0.25) is 10.0 Å². The third-order valence-corrected chi connectivity index (χ3v) is 5.82. The summed E-state index contributed by atoms with van der Waals surface area (Å²) in [6.07, 6.45) is 2.84. The first-order valence-electron chi connectivity index (χ1n) is 8.86. The van der Waals surface area contributed by atoms with Crippen molar-refractivity contribution in [2.75, 3.05) is 5.32 Å². The Morgan fingerprint density at radius 1 is 1.22 bits per heavy atom. The second-order valence-corrected chi connectivity index (χ2v) is 8.78. The van der Waals surface area contributed by atoms with E-state index >= 15 is 0 Å². The Balaban J connectivity index is 2.00. The van der Waals surface area contributed by atoms with E-state index in [0.29, 0.717) is 11.6 Å². The molecule has 27 heavy (non-hydrogen) atoms. The molecule has 8 heteroatoms. The average Bonchev–Trinajstić information content (AvgIpc) is 2.60. The highest BCUT2D eigenvalue weighted by molar-refractivity contribution is 7.89. The largest absolute Gasteiger partial charge is 0.378 e. The van der Waals surface area contributed by atoms with E-state index in [1.54, 1.807) is 0 Å². The van der Waals surface area contributed by atoms with E-state index in [1.807, 2.05) is 0 Å². The standard InChI is InChI=1S/C19H23N3O4S/c1-12(2)14-7-6-13-4-3-5-19(18(13)8-14)21-15-9-16(22(23)24)11-17(10-15)27(20,25)26/h6-12,19,21H,3-5H2,1-2H3,(H2,20,25,26)/t19-/m1/s1. The molecule has 3 N–H and O–H groups in total. The lowest BCUT2D eigenvalue weighted by Crippen LogP contribution is -2.19. The van der Waals surface area contributed by atoms with Gasteiger partial charge in [-0.15, -0.1) is 0 Å². The fourth-order valence-electron chi connectivity index (χ4n) is 3.46. The smallest absolute Gasteiger partial charge is 0.272 e. The summed E-state index contributed by atoms with van der Waals surface area (Å²) in [6, 6.07) is 10.1. The van der Waals surface area contributed by atoms with Crippen LogP contribution in [0.1, 0.15) is 55.3 Å². The number of fused-ring (bicyclic) bond motifs is 1. The van der Waals surface area contributed by atoms with Crippen LogP contribution in [0.25, 0.3) is 0 Å². The highest BCUT2D eigenvalue weighted by atomic mass is 32.2. The minimum absolute atomic E-state index is 0.0391. The molecule has 0 aliphatic heterocycles. The van der Waals surface area contributed by atoms with E-state index in [9.17, 15) is 18.5 Å². The van der Waals surface area contributed by atoms with Crippen molar-refractivity contribution in [3.05, 3.63) is 63.2 Å². The normalized spacial score (nSPS) is 16.8. The van der Waals surface area contributed by atoms with Crippen molar-refractivity contribution >= 4 is 21.4 Å². The fraction of sp³-hybridized carbons (Fsp3) is 0.368. The zero-order valence-corrected chi connectivity index (χ0v) is 16.1. The monoisotopic (exact) mass is 389 g/mol. The van der Waals surface area contributed by atoms with Crippen LogP contribution in [0.5, 0.6) is 0 Å². The molecule has 0 radical (unpaired) electrons. The van der Waals surface area contributed by atoms with Crippen molar-refractivity contribution in [2.24, 2.45) is 5.14 Å². The van der Waals surface area contributed by atoms with Gasteiger partial charge in [-0.25, -0.2) is 13.6 Å². The predicted octanol–water partition coefficient (Wildman–Crippen LogP) is 3.86. The molecule has 2 aromatic carbocycles. The summed E-state index contributed by atoms with van der Waals surface area (Å²) < 4.78 is 23.4. The van der Waals surface area contributed by atoms with Gasteiger partial charge >= 0.3 is 0 Å². The first-order valence-corrected chi connectivity index (χ1v) is 10.4.